The Kier molecular flexibility index (Phi) is 5.23. The lowest BCUT2D eigenvalue weighted by Gasteiger charge is -2.35. The molecule has 1 saturated carbocycles. The van der Waals surface area contributed by atoms with Crippen LogP contribution in [0.4, 0.5) is 5.82 Å². The minimum atomic E-state index is -2.10. The number of hydrogen-bond donors (Lipinski definition) is 2. The minimum absolute atomic E-state index is 0.401. The van der Waals surface area contributed by atoms with E-state index >= 15 is 0 Å². The highest BCUT2D eigenvalue weighted by molar-refractivity contribution is 6.84. The summed E-state index contributed by atoms with van der Waals surface area (Å²) in [5.74, 6) is 1.96. The second kappa shape index (κ2) is 8.07. The Bertz CT molecular complexity index is 1250. The summed E-state index contributed by atoms with van der Waals surface area (Å²) in [6.07, 6.45) is 5.86. The molecule has 5 rings (SSSR count). The van der Waals surface area contributed by atoms with Gasteiger partial charge in [0.2, 0.25) is 0 Å². The molecule has 0 spiro atoms. The molecule has 2 aromatic heterocycles. The van der Waals surface area contributed by atoms with Crippen LogP contribution >= 0.6 is 0 Å². The largest absolute Gasteiger partial charge is 0.540 e. The average Bonchev–Trinajstić information content (AvgIpc) is 3.14. The molecule has 7 heteroatoms. The monoisotopic (exact) mass is 443 g/mol. The van der Waals surface area contributed by atoms with Crippen LogP contribution in [-0.2, 0) is 0 Å². The number of nitrogen functional groups attached to an aromatic ring is 1. The molecular formula is C25H29N5OSi. The number of fused-ring (bicyclic) bond motifs is 1. The molecule has 1 fully saturated rings. The van der Waals surface area contributed by atoms with Crippen molar-refractivity contribution < 1.29 is 4.43 Å². The molecule has 2 aromatic carbocycles. The van der Waals surface area contributed by atoms with Gasteiger partial charge >= 0.3 is 0 Å². The summed E-state index contributed by atoms with van der Waals surface area (Å²) in [5.41, 5.74) is 15.2. The SMILES string of the molecule is C[Si](C)(Oc1cccc(-c2cn(C3CC(CN)C3)c3ncnc(N)c23)c1)c1ccccc1. The van der Waals surface area contributed by atoms with Crippen LogP contribution in [-0.4, -0.2) is 29.4 Å². The van der Waals surface area contributed by atoms with E-state index in [1.54, 1.807) is 6.33 Å². The molecule has 164 valence electrons. The fourth-order valence-corrected chi connectivity index (χ4v) is 6.48. The number of nitrogens with two attached hydrogens (primary N) is 2. The van der Waals surface area contributed by atoms with Crippen molar-refractivity contribution in [1.29, 1.82) is 0 Å². The van der Waals surface area contributed by atoms with Gasteiger partial charge < -0.3 is 20.5 Å². The number of hydrogen-bond acceptors (Lipinski definition) is 5. The molecule has 0 aliphatic heterocycles. The zero-order valence-corrected chi connectivity index (χ0v) is 19.5. The first kappa shape index (κ1) is 20.7. The van der Waals surface area contributed by atoms with Gasteiger partial charge in [0.15, 0.2) is 0 Å². The third kappa shape index (κ3) is 3.67. The van der Waals surface area contributed by atoms with Crippen LogP contribution in [0.25, 0.3) is 22.2 Å². The normalized spacial score (nSPS) is 18.5. The van der Waals surface area contributed by atoms with E-state index in [9.17, 15) is 0 Å². The van der Waals surface area contributed by atoms with Gasteiger partial charge in [0.1, 0.15) is 23.5 Å². The molecular weight excluding hydrogens is 414 g/mol. The van der Waals surface area contributed by atoms with Gasteiger partial charge in [-0.2, -0.15) is 0 Å². The molecule has 0 atom stereocenters. The number of nitrogens with zero attached hydrogens (tertiary/aromatic N) is 3. The maximum Gasteiger partial charge on any atom is 0.276 e. The van der Waals surface area contributed by atoms with Crippen molar-refractivity contribution >= 4 is 30.4 Å². The van der Waals surface area contributed by atoms with Crippen molar-refractivity contribution in [2.75, 3.05) is 12.3 Å². The van der Waals surface area contributed by atoms with E-state index in [2.05, 4.69) is 70.2 Å². The molecule has 0 bridgehead atoms. The summed E-state index contributed by atoms with van der Waals surface area (Å²) >= 11 is 0. The molecule has 0 unspecified atom stereocenters. The van der Waals surface area contributed by atoms with Gasteiger partial charge in [-0.05, 0) is 61.3 Å². The Morgan fingerprint density at radius 2 is 1.84 bits per heavy atom. The van der Waals surface area contributed by atoms with Crippen molar-refractivity contribution in [3.63, 3.8) is 0 Å². The van der Waals surface area contributed by atoms with E-state index in [1.807, 2.05) is 18.2 Å². The van der Waals surface area contributed by atoms with Gasteiger partial charge in [0.05, 0.1) is 5.39 Å². The summed E-state index contributed by atoms with van der Waals surface area (Å²) in [6, 6.07) is 19.1. The van der Waals surface area contributed by atoms with Gasteiger partial charge in [-0.15, -0.1) is 0 Å². The van der Waals surface area contributed by atoms with Gasteiger partial charge in [-0.25, -0.2) is 9.97 Å². The summed E-state index contributed by atoms with van der Waals surface area (Å²) in [5, 5.41) is 2.17. The molecule has 0 saturated heterocycles. The lowest BCUT2D eigenvalue weighted by Crippen LogP contribution is -2.47. The summed E-state index contributed by atoms with van der Waals surface area (Å²) in [4.78, 5) is 8.85. The van der Waals surface area contributed by atoms with Crippen LogP contribution in [0, 0.1) is 5.92 Å². The lowest BCUT2D eigenvalue weighted by atomic mass is 9.80. The molecule has 0 amide bonds. The minimum Gasteiger partial charge on any atom is -0.540 e. The molecule has 2 heterocycles. The van der Waals surface area contributed by atoms with E-state index in [0.29, 0.717) is 17.8 Å². The molecule has 1 aliphatic carbocycles. The maximum absolute atomic E-state index is 6.56. The van der Waals surface area contributed by atoms with Crippen LogP contribution in [0.1, 0.15) is 18.9 Å². The Labute approximate surface area is 189 Å². The highest BCUT2D eigenvalue weighted by Crippen LogP contribution is 2.42. The maximum atomic E-state index is 6.56. The van der Waals surface area contributed by atoms with Gasteiger partial charge in [-0.1, -0.05) is 42.5 Å². The summed E-state index contributed by atoms with van der Waals surface area (Å²) in [6.45, 7) is 5.18. The fraction of sp³-hybridized carbons (Fsp3) is 0.280. The van der Waals surface area contributed by atoms with Crippen LogP contribution in [0.3, 0.4) is 0 Å². The smallest absolute Gasteiger partial charge is 0.276 e. The first-order chi connectivity index (χ1) is 15.5. The van der Waals surface area contributed by atoms with E-state index in [0.717, 1.165) is 47.3 Å². The van der Waals surface area contributed by atoms with Gasteiger partial charge in [-0.3, -0.25) is 0 Å². The van der Waals surface area contributed by atoms with Crippen LogP contribution in [0.5, 0.6) is 5.75 Å². The third-order valence-electron chi connectivity index (χ3n) is 6.56. The zero-order valence-electron chi connectivity index (χ0n) is 18.5. The van der Waals surface area contributed by atoms with Crippen molar-refractivity contribution in [3.8, 4) is 16.9 Å². The lowest BCUT2D eigenvalue weighted by molar-refractivity contribution is 0.209. The Morgan fingerprint density at radius 3 is 2.59 bits per heavy atom. The van der Waals surface area contributed by atoms with Crippen LogP contribution in [0.2, 0.25) is 13.1 Å². The molecule has 1 aliphatic rings. The van der Waals surface area contributed by atoms with Crippen molar-refractivity contribution in [3.05, 3.63) is 67.1 Å². The first-order valence-electron chi connectivity index (χ1n) is 11.1. The topological polar surface area (TPSA) is 92.0 Å². The third-order valence-corrected chi connectivity index (χ3v) is 9.03. The van der Waals surface area contributed by atoms with E-state index < -0.39 is 8.32 Å². The van der Waals surface area contributed by atoms with Gasteiger partial charge in [0, 0.05) is 17.8 Å². The van der Waals surface area contributed by atoms with Crippen molar-refractivity contribution in [2.45, 2.75) is 32.0 Å². The van der Waals surface area contributed by atoms with Gasteiger partial charge in [0.25, 0.3) is 8.32 Å². The second-order valence-corrected chi connectivity index (χ2v) is 12.9. The average molecular weight is 444 g/mol. The fourth-order valence-electron chi connectivity index (χ4n) is 4.65. The number of rotatable bonds is 6. The van der Waals surface area contributed by atoms with Crippen molar-refractivity contribution in [2.24, 2.45) is 11.7 Å². The molecule has 4 aromatic rings. The van der Waals surface area contributed by atoms with E-state index in [4.69, 9.17) is 15.9 Å². The first-order valence-corrected chi connectivity index (χ1v) is 14.0. The highest BCUT2D eigenvalue weighted by Gasteiger charge is 2.32. The van der Waals surface area contributed by atoms with Crippen LogP contribution in [0.15, 0.2) is 67.1 Å². The standard InChI is InChI=1S/C25H29N5OSi/c1-32(2,21-9-4-3-5-10-21)31-20-8-6-7-18(13-20)22-15-30(19-11-17(12-19)14-26)25-23(22)24(27)28-16-29-25/h3-10,13,15-17,19H,11-12,14,26H2,1-2H3,(H2,27,28,29). The molecule has 6 nitrogen and oxygen atoms in total. The number of benzene rings is 2. The second-order valence-electron chi connectivity index (χ2n) is 9.14. The van der Waals surface area contributed by atoms with E-state index in [1.165, 1.54) is 5.19 Å². The molecule has 0 radical (unpaired) electrons. The van der Waals surface area contributed by atoms with Crippen LogP contribution < -0.4 is 21.1 Å². The zero-order chi connectivity index (χ0) is 22.3. The quantitative estimate of drug-likeness (QED) is 0.438. The Morgan fingerprint density at radius 1 is 1.06 bits per heavy atom. The number of aromatic nitrogens is 3. The highest BCUT2D eigenvalue weighted by atomic mass is 28.4. The summed E-state index contributed by atoms with van der Waals surface area (Å²) in [7, 11) is -2.10. The molecule has 32 heavy (non-hydrogen) atoms. The Balaban J connectivity index is 1.52. The summed E-state index contributed by atoms with van der Waals surface area (Å²) < 4.78 is 8.82. The van der Waals surface area contributed by atoms with E-state index in [-0.39, 0.29) is 0 Å². The predicted molar refractivity (Wildman–Crippen MR) is 132 cm³/mol. The Hall–Kier alpha value is -3.16. The van der Waals surface area contributed by atoms with Crippen molar-refractivity contribution in [1.82, 2.24) is 14.5 Å². The predicted octanol–water partition coefficient (Wildman–Crippen LogP) is 4.08. The molecule has 4 N–H and O–H groups in total. The number of anilines is 1.